The van der Waals surface area contributed by atoms with Crippen LogP contribution in [0.2, 0.25) is 0 Å². The topological polar surface area (TPSA) is 0 Å². The number of hydrogen-bond donors (Lipinski definition) is 0. The Morgan fingerprint density at radius 3 is 1.00 bits per heavy atom. The quantitative estimate of drug-likeness (QED) is 0.251. The number of unbranched alkanes of at least 4 members (excludes halogenated alkanes) is 15. The first-order chi connectivity index (χ1) is 10.6. The van der Waals surface area contributed by atoms with E-state index >= 15 is 0 Å². The van der Waals surface area contributed by atoms with Gasteiger partial charge in [0.25, 0.3) is 0 Å². The fourth-order valence-corrected chi connectivity index (χ4v) is 2.87. The van der Waals surface area contributed by atoms with Crippen LogP contribution in [0.3, 0.4) is 0 Å². The standard InChI is InChI=1S/C19H37F3/c1-2-3-4-5-6-7-8-9-10-11-12-13-14-15-16-17-18-19(20,21)22/h2-18H2,1H3. The molecule has 0 aliphatic rings. The van der Waals surface area contributed by atoms with Gasteiger partial charge in [0.2, 0.25) is 0 Å². The zero-order valence-electron chi connectivity index (χ0n) is 14.7. The van der Waals surface area contributed by atoms with E-state index in [2.05, 4.69) is 6.92 Å². The van der Waals surface area contributed by atoms with E-state index in [1.807, 2.05) is 0 Å². The van der Waals surface area contributed by atoms with Crippen molar-refractivity contribution in [3.8, 4) is 0 Å². The molecule has 0 heterocycles. The summed E-state index contributed by atoms with van der Waals surface area (Å²) in [6.07, 6.45) is 14.7. The number of halogens is 3. The van der Waals surface area contributed by atoms with Gasteiger partial charge in [-0.3, -0.25) is 0 Å². The molecule has 0 unspecified atom stereocenters. The van der Waals surface area contributed by atoms with E-state index in [1.54, 1.807) is 0 Å². The first-order valence-corrected chi connectivity index (χ1v) is 9.63. The van der Waals surface area contributed by atoms with Gasteiger partial charge >= 0.3 is 6.18 Å². The Hall–Kier alpha value is -0.210. The summed E-state index contributed by atoms with van der Waals surface area (Å²) < 4.78 is 35.8. The Morgan fingerprint density at radius 1 is 0.455 bits per heavy atom. The summed E-state index contributed by atoms with van der Waals surface area (Å²) in [5.41, 5.74) is 0. The molecule has 134 valence electrons. The second-order valence-electron chi connectivity index (χ2n) is 6.67. The van der Waals surface area contributed by atoms with E-state index in [0.29, 0.717) is 6.42 Å². The van der Waals surface area contributed by atoms with Crippen LogP contribution in [0.5, 0.6) is 0 Å². The van der Waals surface area contributed by atoms with Crippen molar-refractivity contribution in [1.82, 2.24) is 0 Å². The van der Waals surface area contributed by atoms with Gasteiger partial charge in [-0.15, -0.1) is 0 Å². The predicted octanol–water partition coefficient (Wildman–Crippen LogP) is 8.20. The molecule has 0 nitrogen and oxygen atoms in total. The van der Waals surface area contributed by atoms with Crippen LogP contribution in [0.4, 0.5) is 13.2 Å². The summed E-state index contributed by atoms with van der Waals surface area (Å²) in [6.45, 7) is 2.25. The molecule has 0 aromatic heterocycles. The second kappa shape index (κ2) is 15.7. The van der Waals surface area contributed by atoms with Crippen molar-refractivity contribution >= 4 is 0 Å². The van der Waals surface area contributed by atoms with Crippen LogP contribution in [-0.4, -0.2) is 6.18 Å². The number of alkyl halides is 3. The minimum atomic E-state index is -3.96. The Morgan fingerprint density at radius 2 is 0.727 bits per heavy atom. The molecule has 0 fully saturated rings. The summed E-state index contributed by atoms with van der Waals surface area (Å²) in [5.74, 6) is 0. The molecular weight excluding hydrogens is 285 g/mol. The highest BCUT2D eigenvalue weighted by Gasteiger charge is 2.25. The van der Waals surface area contributed by atoms with Crippen molar-refractivity contribution in [3.05, 3.63) is 0 Å². The van der Waals surface area contributed by atoms with Gasteiger partial charge < -0.3 is 0 Å². The lowest BCUT2D eigenvalue weighted by Gasteiger charge is -2.05. The molecule has 0 atom stereocenters. The molecule has 0 N–H and O–H groups in total. The number of rotatable bonds is 16. The first-order valence-electron chi connectivity index (χ1n) is 9.63. The Bertz CT molecular complexity index is 211. The van der Waals surface area contributed by atoms with Crippen LogP contribution in [-0.2, 0) is 0 Å². The van der Waals surface area contributed by atoms with Crippen molar-refractivity contribution in [2.75, 3.05) is 0 Å². The summed E-state index contributed by atoms with van der Waals surface area (Å²) in [7, 11) is 0. The molecule has 0 aliphatic carbocycles. The third-order valence-electron chi connectivity index (χ3n) is 4.31. The molecule has 3 heteroatoms. The molecule has 0 amide bonds. The lowest BCUT2D eigenvalue weighted by atomic mass is 10.0. The zero-order valence-corrected chi connectivity index (χ0v) is 14.7. The van der Waals surface area contributed by atoms with Gasteiger partial charge in [0, 0.05) is 6.42 Å². The first kappa shape index (κ1) is 21.8. The maximum Gasteiger partial charge on any atom is 0.389 e. The van der Waals surface area contributed by atoms with E-state index < -0.39 is 12.6 Å². The minimum absolute atomic E-state index is 0.307. The summed E-state index contributed by atoms with van der Waals surface area (Å²) in [5, 5.41) is 0. The van der Waals surface area contributed by atoms with Crippen molar-refractivity contribution in [2.45, 2.75) is 122 Å². The van der Waals surface area contributed by atoms with Gasteiger partial charge in [-0.2, -0.15) is 13.2 Å². The molecule has 0 spiro atoms. The third kappa shape index (κ3) is 19.8. The molecule has 0 saturated heterocycles. The van der Waals surface area contributed by atoms with Gasteiger partial charge in [0.05, 0.1) is 0 Å². The lowest BCUT2D eigenvalue weighted by molar-refractivity contribution is -0.135. The average molecular weight is 322 g/mol. The van der Waals surface area contributed by atoms with Crippen LogP contribution < -0.4 is 0 Å². The smallest absolute Gasteiger partial charge is 0.171 e. The molecule has 0 saturated carbocycles. The van der Waals surface area contributed by atoms with Crippen LogP contribution >= 0.6 is 0 Å². The average Bonchev–Trinajstić information content (AvgIpc) is 2.45. The van der Waals surface area contributed by atoms with Crippen molar-refractivity contribution in [1.29, 1.82) is 0 Å². The van der Waals surface area contributed by atoms with Gasteiger partial charge in [0.15, 0.2) is 0 Å². The van der Waals surface area contributed by atoms with Gasteiger partial charge in [0.1, 0.15) is 0 Å². The summed E-state index contributed by atoms with van der Waals surface area (Å²) >= 11 is 0. The zero-order chi connectivity index (χ0) is 16.5. The summed E-state index contributed by atoms with van der Waals surface area (Å²) in [6, 6.07) is 0. The lowest BCUT2D eigenvalue weighted by Crippen LogP contribution is -2.06. The highest BCUT2D eigenvalue weighted by Crippen LogP contribution is 2.23. The Kier molecular flexibility index (Phi) is 15.5. The summed E-state index contributed by atoms with van der Waals surface area (Å²) in [4.78, 5) is 0. The Labute approximate surface area is 136 Å². The molecule has 0 rings (SSSR count). The maximum absolute atomic E-state index is 11.9. The molecular formula is C19H37F3. The van der Waals surface area contributed by atoms with Crippen LogP contribution in [0.1, 0.15) is 116 Å². The molecule has 0 radical (unpaired) electrons. The molecule has 0 aromatic rings. The highest BCUT2D eigenvalue weighted by molar-refractivity contribution is 4.53. The van der Waals surface area contributed by atoms with E-state index in [-0.39, 0.29) is 0 Å². The molecule has 0 aromatic carbocycles. The van der Waals surface area contributed by atoms with Crippen LogP contribution in [0.15, 0.2) is 0 Å². The molecule has 22 heavy (non-hydrogen) atoms. The van der Waals surface area contributed by atoms with Crippen LogP contribution in [0, 0.1) is 0 Å². The highest BCUT2D eigenvalue weighted by atomic mass is 19.4. The van der Waals surface area contributed by atoms with E-state index in [4.69, 9.17) is 0 Å². The second-order valence-corrected chi connectivity index (χ2v) is 6.67. The predicted molar refractivity (Wildman–Crippen MR) is 90.2 cm³/mol. The third-order valence-corrected chi connectivity index (χ3v) is 4.31. The van der Waals surface area contributed by atoms with Crippen LogP contribution in [0.25, 0.3) is 0 Å². The largest absolute Gasteiger partial charge is 0.389 e. The number of hydrogen-bond acceptors (Lipinski definition) is 0. The van der Waals surface area contributed by atoms with Gasteiger partial charge in [-0.1, -0.05) is 103 Å². The van der Waals surface area contributed by atoms with E-state index in [0.717, 1.165) is 19.3 Å². The van der Waals surface area contributed by atoms with Crippen molar-refractivity contribution < 1.29 is 13.2 Å². The Balaban J connectivity index is 3.00. The van der Waals surface area contributed by atoms with Crippen molar-refractivity contribution in [2.24, 2.45) is 0 Å². The maximum atomic E-state index is 11.9. The minimum Gasteiger partial charge on any atom is -0.171 e. The fourth-order valence-electron chi connectivity index (χ4n) is 2.87. The molecule has 0 aliphatic heterocycles. The van der Waals surface area contributed by atoms with Gasteiger partial charge in [-0.05, 0) is 6.42 Å². The monoisotopic (exact) mass is 322 g/mol. The molecule has 0 bridgehead atoms. The fraction of sp³-hybridized carbons (Fsp3) is 1.00. The van der Waals surface area contributed by atoms with Crippen molar-refractivity contribution in [3.63, 3.8) is 0 Å². The normalized spacial score (nSPS) is 12.0. The van der Waals surface area contributed by atoms with E-state index in [9.17, 15) is 13.2 Å². The SMILES string of the molecule is CCCCCCCCCCCCCCCCCCC(F)(F)F. The van der Waals surface area contributed by atoms with Gasteiger partial charge in [-0.25, -0.2) is 0 Å². The van der Waals surface area contributed by atoms with E-state index in [1.165, 1.54) is 77.0 Å².